The zero-order valence-corrected chi connectivity index (χ0v) is 16.7. The number of hydrogen-bond donors (Lipinski definition) is 0. The van der Waals surface area contributed by atoms with Gasteiger partial charge in [0.15, 0.2) is 0 Å². The molecule has 1 aliphatic heterocycles. The summed E-state index contributed by atoms with van der Waals surface area (Å²) in [6.07, 6.45) is 5.20. The number of piperidine rings is 1. The van der Waals surface area contributed by atoms with Crippen LogP contribution in [0.15, 0.2) is 16.6 Å². The van der Waals surface area contributed by atoms with Crippen LogP contribution in [-0.2, 0) is 11.3 Å². The van der Waals surface area contributed by atoms with Crippen LogP contribution in [0, 0.1) is 11.8 Å². The van der Waals surface area contributed by atoms with Gasteiger partial charge in [-0.25, -0.2) is 4.68 Å². The lowest BCUT2D eigenvalue weighted by molar-refractivity contribution is -0.132. The third-order valence-electron chi connectivity index (χ3n) is 5.46. The molecule has 0 N–H and O–H groups in total. The molecular formula is C19H25BrN4O2. The van der Waals surface area contributed by atoms with Crippen LogP contribution in [0.3, 0.4) is 0 Å². The molecule has 1 aromatic carbocycles. The number of carbonyl (C=O) groups is 1. The van der Waals surface area contributed by atoms with E-state index in [9.17, 15) is 4.79 Å². The minimum atomic E-state index is 0.256. The Labute approximate surface area is 162 Å². The number of nitrogens with zero attached hydrogens (tertiary/aromatic N) is 4. The molecule has 26 heavy (non-hydrogen) atoms. The van der Waals surface area contributed by atoms with Crippen molar-refractivity contribution in [1.82, 2.24) is 19.9 Å². The lowest BCUT2D eigenvalue weighted by Gasteiger charge is -2.31. The summed E-state index contributed by atoms with van der Waals surface area (Å²) in [4.78, 5) is 13.7. The van der Waals surface area contributed by atoms with Gasteiger partial charge in [0.2, 0.25) is 5.91 Å². The van der Waals surface area contributed by atoms with Crippen molar-refractivity contribution in [3.05, 3.63) is 16.6 Å². The van der Waals surface area contributed by atoms with E-state index in [0.29, 0.717) is 18.9 Å². The lowest BCUT2D eigenvalue weighted by atomic mass is 9.97. The molecule has 4 rings (SSSR count). The van der Waals surface area contributed by atoms with Crippen molar-refractivity contribution in [3.63, 3.8) is 0 Å². The Balaban J connectivity index is 1.37. The first-order valence-electron chi connectivity index (χ1n) is 9.58. The highest BCUT2D eigenvalue weighted by molar-refractivity contribution is 9.10. The van der Waals surface area contributed by atoms with Crippen molar-refractivity contribution in [3.8, 4) is 5.75 Å². The van der Waals surface area contributed by atoms with Crippen LogP contribution in [0.4, 0.5) is 0 Å². The maximum absolute atomic E-state index is 11.8. The third-order valence-corrected chi connectivity index (χ3v) is 6.23. The molecule has 2 fully saturated rings. The molecule has 1 aliphatic carbocycles. The van der Waals surface area contributed by atoms with Gasteiger partial charge in [0, 0.05) is 26.1 Å². The Morgan fingerprint density at radius 1 is 1.23 bits per heavy atom. The monoisotopic (exact) mass is 420 g/mol. The molecule has 2 aliphatic rings. The largest absolute Gasteiger partial charge is 0.492 e. The van der Waals surface area contributed by atoms with E-state index in [1.165, 1.54) is 12.8 Å². The summed E-state index contributed by atoms with van der Waals surface area (Å²) in [6, 6.07) is 4.06. The van der Waals surface area contributed by atoms with Gasteiger partial charge in [-0.15, -0.1) is 5.10 Å². The maximum Gasteiger partial charge on any atom is 0.222 e. The van der Waals surface area contributed by atoms with E-state index in [4.69, 9.17) is 4.74 Å². The Hall–Kier alpha value is -1.63. The number of rotatable bonds is 6. The first kappa shape index (κ1) is 17.8. The van der Waals surface area contributed by atoms with Crippen molar-refractivity contribution in [2.24, 2.45) is 11.8 Å². The van der Waals surface area contributed by atoms with Crippen LogP contribution in [0.1, 0.15) is 39.0 Å². The molecule has 6 nitrogen and oxygen atoms in total. The highest BCUT2D eigenvalue weighted by atomic mass is 79.9. The number of halogens is 1. The summed E-state index contributed by atoms with van der Waals surface area (Å²) in [7, 11) is 0. The van der Waals surface area contributed by atoms with Crippen LogP contribution >= 0.6 is 15.9 Å². The predicted molar refractivity (Wildman–Crippen MR) is 103 cm³/mol. The molecule has 0 radical (unpaired) electrons. The molecule has 2 heterocycles. The van der Waals surface area contributed by atoms with Crippen LogP contribution in [0.25, 0.3) is 11.0 Å². The number of fused-ring (bicyclic) bond motifs is 1. The summed E-state index contributed by atoms with van der Waals surface area (Å²) in [5.74, 6) is 2.33. The van der Waals surface area contributed by atoms with E-state index in [1.54, 1.807) is 0 Å². The molecule has 1 saturated heterocycles. The Morgan fingerprint density at radius 3 is 2.69 bits per heavy atom. The molecular weight excluding hydrogens is 396 g/mol. The molecule has 0 atom stereocenters. The number of aromatic nitrogens is 3. The van der Waals surface area contributed by atoms with Crippen LogP contribution in [0.5, 0.6) is 5.75 Å². The summed E-state index contributed by atoms with van der Waals surface area (Å²) >= 11 is 3.65. The van der Waals surface area contributed by atoms with Crippen LogP contribution < -0.4 is 4.74 Å². The Morgan fingerprint density at radius 2 is 2.00 bits per heavy atom. The average molecular weight is 421 g/mol. The second-order valence-corrected chi connectivity index (χ2v) is 8.24. The van der Waals surface area contributed by atoms with Crippen molar-refractivity contribution in [2.45, 2.75) is 45.6 Å². The summed E-state index contributed by atoms with van der Waals surface area (Å²) < 4.78 is 8.97. The van der Waals surface area contributed by atoms with Crippen LogP contribution in [-0.4, -0.2) is 45.5 Å². The van der Waals surface area contributed by atoms with E-state index in [-0.39, 0.29) is 5.91 Å². The van der Waals surface area contributed by atoms with Crippen molar-refractivity contribution < 1.29 is 9.53 Å². The van der Waals surface area contributed by atoms with Gasteiger partial charge < -0.3 is 9.64 Å². The minimum absolute atomic E-state index is 0.256. The van der Waals surface area contributed by atoms with Gasteiger partial charge in [0.05, 0.1) is 16.6 Å². The maximum atomic E-state index is 11.8. The van der Waals surface area contributed by atoms with E-state index < -0.39 is 0 Å². The lowest BCUT2D eigenvalue weighted by Crippen LogP contribution is -2.39. The molecule has 1 aromatic heterocycles. The quantitative estimate of drug-likeness (QED) is 0.715. The van der Waals surface area contributed by atoms with Gasteiger partial charge in [0.25, 0.3) is 0 Å². The Kier molecular flexibility index (Phi) is 5.16. The summed E-state index contributed by atoms with van der Waals surface area (Å²) in [5, 5.41) is 8.64. The topological polar surface area (TPSA) is 60.3 Å². The number of benzene rings is 1. The van der Waals surface area contributed by atoms with E-state index in [1.807, 2.05) is 22.6 Å². The van der Waals surface area contributed by atoms with Gasteiger partial charge in [0.1, 0.15) is 11.3 Å². The fraction of sp³-hybridized carbons (Fsp3) is 0.632. The molecule has 2 aromatic rings. The number of carbonyl (C=O) groups excluding carboxylic acids is 1. The second-order valence-electron chi connectivity index (χ2n) is 7.45. The average Bonchev–Trinajstić information content (AvgIpc) is 3.39. The Bertz CT molecular complexity index is 794. The second kappa shape index (κ2) is 7.55. The van der Waals surface area contributed by atoms with Gasteiger partial charge >= 0.3 is 0 Å². The number of likely N-dealkylation sites (tertiary alicyclic amines) is 1. The fourth-order valence-corrected chi connectivity index (χ4v) is 4.09. The molecule has 140 valence electrons. The smallest absolute Gasteiger partial charge is 0.222 e. The molecule has 1 saturated carbocycles. The molecule has 0 spiro atoms. The number of amides is 1. The molecule has 7 heteroatoms. The zero-order chi connectivity index (χ0) is 18.1. The molecule has 0 bridgehead atoms. The SMILES string of the molecule is CCC(=O)N1CCC(COc2ccc3c(nnn3CC3CC3)c2Br)CC1. The zero-order valence-electron chi connectivity index (χ0n) is 15.2. The minimum Gasteiger partial charge on any atom is -0.492 e. The summed E-state index contributed by atoms with van der Waals surface area (Å²) in [5.41, 5.74) is 1.93. The van der Waals surface area contributed by atoms with Crippen LogP contribution in [0.2, 0.25) is 0 Å². The van der Waals surface area contributed by atoms with Gasteiger partial charge in [-0.3, -0.25) is 4.79 Å². The van der Waals surface area contributed by atoms with Crippen molar-refractivity contribution in [2.75, 3.05) is 19.7 Å². The third kappa shape index (κ3) is 3.72. The first-order chi connectivity index (χ1) is 12.7. The number of ether oxygens (including phenoxy) is 1. The van der Waals surface area contributed by atoms with Crippen molar-refractivity contribution in [1.29, 1.82) is 0 Å². The summed E-state index contributed by atoms with van der Waals surface area (Å²) in [6.45, 7) is 5.24. The molecule has 1 amide bonds. The van der Waals surface area contributed by atoms with Crippen molar-refractivity contribution >= 4 is 32.9 Å². The first-order valence-corrected chi connectivity index (χ1v) is 10.4. The van der Waals surface area contributed by atoms with E-state index in [2.05, 4.69) is 32.3 Å². The highest BCUT2D eigenvalue weighted by Crippen LogP contribution is 2.35. The fourth-order valence-electron chi connectivity index (χ4n) is 3.56. The highest BCUT2D eigenvalue weighted by Gasteiger charge is 2.25. The van der Waals surface area contributed by atoms with Gasteiger partial charge in [-0.05, 0) is 65.6 Å². The van der Waals surface area contributed by atoms with Gasteiger partial charge in [-0.1, -0.05) is 12.1 Å². The van der Waals surface area contributed by atoms with E-state index >= 15 is 0 Å². The molecule has 0 unspecified atom stereocenters. The standard InChI is InChI=1S/C19H25BrN4O2/c1-2-17(25)23-9-7-14(8-10-23)12-26-16-6-5-15-19(18(16)20)21-22-24(15)11-13-3-4-13/h5-6,13-14H,2-4,7-12H2,1H3. The number of hydrogen-bond acceptors (Lipinski definition) is 4. The van der Waals surface area contributed by atoms with Gasteiger partial charge in [-0.2, -0.15) is 0 Å². The van der Waals surface area contributed by atoms with E-state index in [0.717, 1.165) is 59.6 Å². The predicted octanol–water partition coefficient (Wildman–Crippen LogP) is 3.63. The normalized spacial score (nSPS) is 18.5.